The van der Waals surface area contributed by atoms with Crippen LogP contribution in [-0.2, 0) is 6.54 Å². The molecule has 3 rings (SSSR count). The lowest BCUT2D eigenvalue weighted by Crippen LogP contribution is -2.26. The summed E-state index contributed by atoms with van der Waals surface area (Å²) in [5, 5.41) is 9.66. The summed E-state index contributed by atoms with van der Waals surface area (Å²) < 4.78 is 30.1. The van der Waals surface area contributed by atoms with Crippen molar-refractivity contribution in [2.45, 2.75) is 31.7 Å². The third-order valence-corrected chi connectivity index (χ3v) is 3.35. The standard InChI is InChI=1S/C13H14F2N4O2/c1-19(6-8-4-11(21-18-8)7-2-3-7)13(20)10-5-9(12(14)15)16-17-10/h4-5,7,12H,2-3,6H2,1H3,(H,16,17). The third-order valence-electron chi connectivity index (χ3n) is 3.35. The summed E-state index contributed by atoms with van der Waals surface area (Å²) in [7, 11) is 1.56. The van der Waals surface area contributed by atoms with Gasteiger partial charge in [0.15, 0.2) is 5.69 Å². The summed E-state index contributed by atoms with van der Waals surface area (Å²) in [4.78, 5) is 13.4. The number of rotatable bonds is 5. The third kappa shape index (κ3) is 2.93. The lowest BCUT2D eigenvalue weighted by atomic mass is 10.2. The van der Waals surface area contributed by atoms with Crippen LogP contribution in [0.15, 0.2) is 16.7 Å². The van der Waals surface area contributed by atoms with E-state index in [1.807, 2.05) is 6.07 Å². The molecule has 112 valence electrons. The fourth-order valence-electron chi connectivity index (χ4n) is 2.03. The molecule has 1 aliphatic carbocycles. The molecule has 0 saturated heterocycles. The fourth-order valence-corrected chi connectivity index (χ4v) is 2.03. The Labute approximate surface area is 119 Å². The molecule has 1 aliphatic rings. The molecular weight excluding hydrogens is 282 g/mol. The lowest BCUT2D eigenvalue weighted by molar-refractivity contribution is 0.0776. The number of halogens is 2. The van der Waals surface area contributed by atoms with Crippen LogP contribution in [-0.4, -0.2) is 33.2 Å². The van der Waals surface area contributed by atoms with Crippen molar-refractivity contribution in [3.8, 4) is 0 Å². The number of nitrogens with one attached hydrogen (secondary N) is 1. The fraction of sp³-hybridized carbons (Fsp3) is 0.462. The van der Waals surface area contributed by atoms with Gasteiger partial charge in [-0.25, -0.2) is 8.78 Å². The molecule has 0 spiro atoms. The largest absolute Gasteiger partial charge is 0.361 e. The molecule has 0 radical (unpaired) electrons. The number of aromatic nitrogens is 3. The highest BCUT2D eigenvalue weighted by atomic mass is 19.3. The van der Waals surface area contributed by atoms with Crippen molar-refractivity contribution < 1.29 is 18.1 Å². The molecule has 21 heavy (non-hydrogen) atoms. The minimum Gasteiger partial charge on any atom is -0.361 e. The average Bonchev–Trinajstić information content (AvgIpc) is 3.01. The Morgan fingerprint density at radius 2 is 2.29 bits per heavy atom. The second-order valence-electron chi connectivity index (χ2n) is 5.17. The van der Waals surface area contributed by atoms with Gasteiger partial charge in [0.1, 0.15) is 17.1 Å². The zero-order valence-corrected chi connectivity index (χ0v) is 11.3. The van der Waals surface area contributed by atoms with E-state index in [-0.39, 0.29) is 17.9 Å². The van der Waals surface area contributed by atoms with Gasteiger partial charge in [-0.1, -0.05) is 5.16 Å². The van der Waals surface area contributed by atoms with Crippen LogP contribution >= 0.6 is 0 Å². The molecule has 6 nitrogen and oxygen atoms in total. The maximum absolute atomic E-state index is 12.5. The SMILES string of the molecule is CN(Cc1cc(C2CC2)on1)C(=O)c1cc(C(F)F)[nH]n1. The molecule has 1 fully saturated rings. The van der Waals surface area contributed by atoms with Crippen LogP contribution in [0, 0.1) is 0 Å². The summed E-state index contributed by atoms with van der Waals surface area (Å²) in [6.07, 6.45) is -0.471. The molecule has 0 atom stereocenters. The molecular formula is C13H14F2N4O2. The van der Waals surface area contributed by atoms with Crippen LogP contribution in [0.25, 0.3) is 0 Å². The first kappa shape index (κ1) is 13.7. The smallest absolute Gasteiger partial charge is 0.279 e. The van der Waals surface area contributed by atoms with Crippen molar-refractivity contribution in [2.75, 3.05) is 7.05 Å². The minimum absolute atomic E-state index is 0.0429. The van der Waals surface area contributed by atoms with E-state index < -0.39 is 12.3 Å². The van der Waals surface area contributed by atoms with Crippen molar-refractivity contribution in [1.29, 1.82) is 0 Å². The number of amides is 1. The van der Waals surface area contributed by atoms with E-state index in [1.165, 1.54) is 4.90 Å². The normalized spacial score (nSPS) is 14.7. The van der Waals surface area contributed by atoms with Gasteiger partial charge >= 0.3 is 0 Å². The van der Waals surface area contributed by atoms with E-state index in [2.05, 4.69) is 15.4 Å². The molecule has 1 amide bonds. The zero-order chi connectivity index (χ0) is 15.0. The number of alkyl halides is 2. The van der Waals surface area contributed by atoms with E-state index in [0.717, 1.165) is 24.7 Å². The molecule has 1 N–H and O–H groups in total. The van der Waals surface area contributed by atoms with Crippen LogP contribution in [0.5, 0.6) is 0 Å². The van der Waals surface area contributed by atoms with Gasteiger partial charge in [-0.2, -0.15) is 5.10 Å². The summed E-state index contributed by atoms with van der Waals surface area (Å²) in [6.45, 7) is 0.242. The first-order chi connectivity index (χ1) is 10.0. The van der Waals surface area contributed by atoms with Gasteiger partial charge < -0.3 is 9.42 Å². The molecule has 2 aromatic rings. The predicted octanol–water partition coefficient (Wildman–Crippen LogP) is 2.48. The Bertz CT molecular complexity index is 648. The van der Waals surface area contributed by atoms with E-state index in [1.54, 1.807) is 7.05 Å². The zero-order valence-electron chi connectivity index (χ0n) is 11.3. The van der Waals surface area contributed by atoms with Crippen LogP contribution in [0.4, 0.5) is 8.78 Å². The van der Waals surface area contributed by atoms with Gasteiger partial charge in [0.05, 0.1) is 6.54 Å². The molecule has 1 saturated carbocycles. The summed E-state index contributed by atoms with van der Waals surface area (Å²) in [5.41, 5.74) is 0.222. The highest BCUT2D eigenvalue weighted by molar-refractivity contribution is 5.92. The minimum atomic E-state index is -2.68. The van der Waals surface area contributed by atoms with E-state index in [9.17, 15) is 13.6 Å². The monoisotopic (exact) mass is 296 g/mol. The Morgan fingerprint density at radius 3 is 2.90 bits per heavy atom. The number of hydrogen-bond donors (Lipinski definition) is 1. The number of aromatic amines is 1. The van der Waals surface area contributed by atoms with Gasteiger partial charge in [-0.15, -0.1) is 0 Å². The molecule has 2 aromatic heterocycles. The summed E-state index contributed by atoms with van der Waals surface area (Å²) in [5.74, 6) is 0.840. The average molecular weight is 296 g/mol. The van der Waals surface area contributed by atoms with Gasteiger partial charge in [0.2, 0.25) is 0 Å². The van der Waals surface area contributed by atoms with Crippen molar-refractivity contribution in [3.05, 3.63) is 35.0 Å². The van der Waals surface area contributed by atoms with Crippen molar-refractivity contribution in [3.63, 3.8) is 0 Å². The molecule has 0 bridgehead atoms. The lowest BCUT2D eigenvalue weighted by Gasteiger charge is -2.13. The number of nitrogens with zero attached hydrogens (tertiary/aromatic N) is 3. The van der Waals surface area contributed by atoms with E-state index in [0.29, 0.717) is 11.6 Å². The van der Waals surface area contributed by atoms with Crippen molar-refractivity contribution >= 4 is 5.91 Å². The Hall–Kier alpha value is -2.25. The first-order valence-corrected chi connectivity index (χ1v) is 6.59. The predicted molar refractivity (Wildman–Crippen MR) is 67.8 cm³/mol. The van der Waals surface area contributed by atoms with Crippen molar-refractivity contribution in [1.82, 2.24) is 20.3 Å². The summed E-state index contributed by atoms with van der Waals surface area (Å²) >= 11 is 0. The molecule has 8 heteroatoms. The highest BCUT2D eigenvalue weighted by Crippen LogP contribution is 2.40. The number of hydrogen-bond acceptors (Lipinski definition) is 4. The van der Waals surface area contributed by atoms with Gasteiger partial charge in [-0.3, -0.25) is 9.89 Å². The van der Waals surface area contributed by atoms with Crippen LogP contribution < -0.4 is 0 Å². The van der Waals surface area contributed by atoms with E-state index >= 15 is 0 Å². The maximum Gasteiger partial charge on any atom is 0.279 e. The topological polar surface area (TPSA) is 75.0 Å². The van der Waals surface area contributed by atoms with Crippen LogP contribution in [0.2, 0.25) is 0 Å². The molecule has 0 aliphatic heterocycles. The second kappa shape index (κ2) is 5.27. The molecule has 0 aromatic carbocycles. The van der Waals surface area contributed by atoms with Crippen LogP contribution in [0.1, 0.15) is 52.8 Å². The highest BCUT2D eigenvalue weighted by Gasteiger charge is 2.28. The number of carbonyl (C=O) groups is 1. The molecule has 0 unspecified atom stereocenters. The van der Waals surface area contributed by atoms with Gasteiger partial charge in [-0.05, 0) is 18.9 Å². The van der Waals surface area contributed by atoms with Gasteiger partial charge in [0.25, 0.3) is 12.3 Å². The maximum atomic E-state index is 12.5. The van der Waals surface area contributed by atoms with Crippen molar-refractivity contribution in [2.24, 2.45) is 0 Å². The second-order valence-corrected chi connectivity index (χ2v) is 5.17. The Kier molecular flexibility index (Phi) is 3.44. The van der Waals surface area contributed by atoms with Crippen LogP contribution in [0.3, 0.4) is 0 Å². The Balaban J connectivity index is 1.65. The quantitative estimate of drug-likeness (QED) is 0.919. The summed E-state index contributed by atoms with van der Waals surface area (Å²) in [6, 6.07) is 2.89. The van der Waals surface area contributed by atoms with E-state index in [4.69, 9.17) is 4.52 Å². The molecule has 2 heterocycles. The number of carbonyl (C=O) groups excluding carboxylic acids is 1. The van der Waals surface area contributed by atoms with Gasteiger partial charge in [0, 0.05) is 19.0 Å². The Morgan fingerprint density at radius 1 is 1.52 bits per heavy atom. The number of H-pyrrole nitrogens is 1. The first-order valence-electron chi connectivity index (χ1n) is 6.59.